The number of hydrogen-bond donors (Lipinski definition) is 3. The molecule has 0 aliphatic carbocycles. The van der Waals surface area contributed by atoms with E-state index in [2.05, 4.69) is 10.3 Å². The van der Waals surface area contributed by atoms with Gasteiger partial charge in [0, 0.05) is 16.7 Å². The quantitative estimate of drug-likeness (QED) is 0.292. The monoisotopic (exact) mass is 337 g/mol. The highest BCUT2D eigenvalue weighted by Gasteiger charge is 2.22. The highest BCUT2D eigenvalue weighted by atomic mass is 16.5. The minimum atomic E-state index is 0.0127. The van der Waals surface area contributed by atoms with Gasteiger partial charge in [0.1, 0.15) is 11.5 Å². The lowest BCUT2D eigenvalue weighted by atomic mass is 9.87. The molecule has 2 aromatic carbocycles. The zero-order valence-corrected chi connectivity index (χ0v) is 14.2. The molecule has 6 nitrogen and oxygen atoms in total. The number of aryl methyl sites for hydroxylation is 3. The van der Waals surface area contributed by atoms with Crippen LogP contribution in [0.1, 0.15) is 22.6 Å². The number of hydrogen-bond acceptors (Lipinski definition) is 5. The Morgan fingerprint density at radius 3 is 2.32 bits per heavy atom. The van der Waals surface area contributed by atoms with E-state index >= 15 is 0 Å². The lowest BCUT2D eigenvalue weighted by Crippen LogP contribution is -2.15. The lowest BCUT2D eigenvalue weighted by molar-refractivity contribution is 0.318. The molecule has 0 saturated heterocycles. The molecule has 3 rings (SSSR count). The fourth-order valence-electron chi connectivity index (χ4n) is 3.02. The molecule has 0 spiro atoms. The van der Waals surface area contributed by atoms with Gasteiger partial charge in [-0.15, -0.1) is 0 Å². The fourth-order valence-corrected chi connectivity index (χ4v) is 3.02. The number of phenols is 1. The molecule has 4 N–H and O–H groups in total. The molecule has 0 aliphatic heterocycles. The summed E-state index contributed by atoms with van der Waals surface area (Å²) in [6.07, 6.45) is 0. The summed E-state index contributed by atoms with van der Waals surface area (Å²) in [4.78, 5) is 0. The zero-order chi connectivity index (χ0) is 18.1. The molecule has 1 heterocycles. The SMILES string of the molecule is Cc1cc(/C(N)=N/O)c(-c2c(C)noc2C)c(-c2ccc(O)cc2)c1. The van der Waals surface area contributed by atoms with Crippen molar-refractivity contribution < 1.29 is 14.8 Å². The average Bonchev–Trinajstić information content (AvgIpc) is 2.93. The number of aromatic nitrogens is 1. The van der Waals surface area contributed by atoms with Crippen molar-refractivity contribution in [3.8, 4) is 28.0 Å². The van der Waals surface area contributed by atoms with Gasteiger partial charge in [-0.3, -0.25) is 0 Å². The maximum Gasteiger partial charge on any atom is 0.170 e. The Balaban J connectivity index is 2.42. The van der Waals surface area contributed by atoms with E-state index in [0.29, 0.717) is 17.0 Å². The zero-order valence-electron chi connectivity index (χ0n) is 14.2. The minimum absolute atomic E-state index is 0.0127. The molecule has 25 heavy (non-hydrogen) atoms. The Hall–Kier alpha value is -3.28. The molecule has 128 valence electrons. The van der Waals surface area contributed by atoms with Gasteiger partial charge in [0.2, 0.25) is 0 Å². The smallest absolute Gasteiger partial charge is 0.170 e. The highest BCUT2D eigenvalue weighted by molar-refractivity contribution is 6.07. The minimum Gasteiger partial charge on any atom is -0.508 e. The topological polar surface area (TPSA) is 105 Å². The predicted octanol–water partition coefficient (Wildman–Crippen LogP) is 3.73. The lowest BCUT2D eigenvalue weighted by Gasteiger charge is -2.16. The van der Waals surface area contributed by atoms with E-state index in [4.69, 9.17) is 10.3 Å². The van der Waals surface area contributed by atoms with Crippen LogP contribution in [-0.4, -0.2) is 21.3 Å². The molecular formula is C19H19N3O3. The molecule has 0 radical (unpaired) electrons. The summed E-state index contributed by atoms with van der Waals surface area (Å²) < 4.78 is 5.33. The number of amidine groups is 1. The first-order valence-corrected chi connectivity index (χ1v) is 7.77. The first-order valence-electron chi connectivity index (χ1n) is 7.77. The van der Waals surface area contributed by atoms with Crippen LogP contribution in [0.25, 0.3) is 22.3 Å². The van der Waals surface area contributed by atoms with Crippen molar-refractivity contribution in [2.45, 2.75) is 20.8 Å². The van der Waals surface area contributed by atoms with Gasteiger partial charge in [0.05, 0.1) is 5.69 Å². The molecule has 0 bridgehead atoms. The largest absolute Gasteiger partial charge is 0.508 e. The summed E-state index contributed by atoms with van der Waals surface area (Å²) in [7, 11) is 0. The van der Waals surface area contributed by atoms with Gasteiger partial charge in [-0.1, -0.05) is 28.5 Å². The van der Waals surface area contributed by atoms with E-state index in [-0.39, 0.29) is 11.6 Å². The number of benzene rings is 2. The van der Waals surface area contributed by atoms with Gasteiger partial charge < -0.3 is 20.6 Å². The molecule has 0 unspecified atom stereocenters. The molecule has 0 fully saturated rings. The van der Waals surface area contributed by atoms with E-state index in [1.165, 1.54) is 0 Å². The number of oxime groups is 1. The van der Waals surface area contributed by atoms with Gasteiger partial charge in [0.25, 0.3) is 0 Å². The average molecular weight is 337 g/mol. The maximum absolute atomic E-state index is 9.58. The van der Waals surface area contributed by atoms with Crippen LogP contribution in [0.15, 0.2) is 46.1 Å². The first kappa shape index (κ1) is 16.6. The number of rotatable bonds is 3. The van der Waals surface area contributed by atoms with Crippen LogP contribution in [0, 0.1) is 20.8 Å². The Kier molecular flexibility index (Phi) is 4.19. The first-order chi connectivity index (χ1) is 11.9. The summed E-state index contributed by atoms with van der Waals surface area (Å²) in [5.41, 5.74) is 11.6. The van der Waals surface area contributed by atoms with Gasteiger partial charge in [-0.05, 0) is 55.7 Å². The van der Waals surface area contributed by atoms with Crippen LogP contribution in [0.5, 0.6) is 5.75 Å². The van der Waals surface area contributed by atoms with Crippen LogP contribution < -0.4 is 5.73 Å². The highest BCUT2D eigenvalue weighted by Crippen LogP contribution is 2.39. The molecule has 0 amide bonds. The summed E-state index contributed by atoms with van der Waals surface area (Å²) in [6.45, 7) is 5.61. The molecule has 6 heteroatoms. The summed E-state index contributed by atoms with van der Waals surface area (Å²) in [6, 6.07) is 10.8. The molecule has 0 aliphatic rings. The van der Waals surface area contributed by atoms with Gasteiger partial charge in [-0.25, -0.2) is 0 Å². The van der Waals surface area contributed by atoms with Crippen molar-refractivity contribution in [3.05, 3.63) is 59.0 Å². The maximum atomic E-state index is 9.58. The number of nitrogens with two attached hydrogens (primary N) is 1. The molecule has 0 atom stereocenters. The van der Waals surface area contributed by atoms with E-state index in [1.54, 1.807) is 12.1 Å². The van der Waals surface area contributed by atoms with E-state index in [9.17, 15) is 10.3 Å². The van der Waals surface area contributed by atoms with Crippen molar-refractivity contribution in [2.75, 3.05) is 0 Å². The standard InChI is InChI=1S/C19H19N3O3/c1-10-8-15(13-4-6-14(23)7-5-13)18(16(9-10)19(20)21-24)17-11(2)22-25-12(17)3/h4-9,23-24H,1-3H3,(H2,20,21). The summed E-state index contributed by atoms with van der Waals surface area (Å²) in [5, 5.41) is 26.0. The Morgan fingerprint density at radius 2 is 1.76 bits per heavy atom. The van der Waals surface area contributed by atoms with E-state index < -0.39 is 0 Å². The van der Waals surface area contributed by atoms with Crippen molar-refractivity contribution in [3.63, 3.8) is 0 Å². The van der Waals surface area contributed by atoms with E-state index in [0.717, 1.165) is 27.8 Å². The summed E-state index contributed by atoms with van der Waals surface area (Å²) in [5.74, 6) is 0.846. The van der Waals surface area contributed by atoms with E-state index in [1.807, 2.05) is 45.0 Å². The Morgan fingerprint density at radius 1 is 1.08 bits per heavy atom. The Labute approximate surface area is 145 Å². The second-order valence-corrected chi connectivity index (χ2v) is 5.97. The third kappa shape index (κ3) is 2.94. The van der Waals surface area contributed by atoms with Crippen LogP contribution in [0.4, 0.5) is 0 Å². The molecule has 1 aromatic heterocycles. The van der Waals surface area contributed by atoms with Gasteiger partial charge in [0.15, 0.2) is 5.84 Å². The molecular weight excluding hydrogens is 318 g/mol. The molecule has 0 saturated carbocycles. The van der Waals surface area contributed by atoms with Crippen molar-refractivity contribution in [1.29, 1.82) is 0 Å². The van der Waals surface area contributed by atoms with Crippen molar-refractivity contribution in [2.24, 2.45) is 10.9 Å². The second-order valence-electron chi connectivity index (χ2n) is 5.97. The van der Waals surface area contributed by atoms with Crippen molar-refractivity contribution in [1.82, 2.24) is 5.16 Å². The van der Waals surface area contributed by atoms with Gasteiger partial charge in [-0.2, -0.15) is 0 Å². The summed E-state index contributed by atoms with van der Waals surface area (Å²) >= 11 is 0. The van der Waals surface area contributed by atoms with Crippen LogP contribution in [0.2, 0.25) is 0 Å². The second kappa shape index (κ2) is 6.32. The molecule has 3 aromatic rings. The number of phenolic OH excluding ortho intramolecular Hbond substituents is 1. The van der Waals surface area contributed by atoms with Gasteiger partial charge >= 0.3 is 0 Å². The van der Waals surface area contributed by atoms with Crippen LogP contribution in [0.3, 0.4) is 0 Å². The third-order valence-electron chi connectivity index (χ3n) is 4.13. The predicted molar refractivity (Wildman–Crippen MR) is 95.8 cm³/mol. The van der Waals surface area contributed by atoms with Crippen LogP contribution >= 0.6 is 0 Å². The number of nitrogens with zero attached hydrogens (tertiary/aromatic N) is 2. The normalized spacial score (nSPS) is 11.7. The Bertz CT molecular complexity index is 937. The van der Waals surface area contributed by atoms with Crippen LogP contribution in [-0.2, 0) is 0 Å². The fraction of sp³-hybridized carbons (Fsp3) is 0.158. The number of aromatic hydroxyl groups is 1. The third-order valence-corrected chi connectivity index (χ3v) is 4.13. The van der Waals surface area contributed by atoms with Crippen molar-refractivity contribution >= 4 is 5.84 Å².